The number of hydrogen-bond donors (Lipinski definition) is 2. The topological polar surface area (TPSA) is 49.3 Å². The molecule has 0 atom stereocenters. The van der Waals surface area contributed by atoms with Crippen LogP contribution in [0.1, 0.15) is 22.3 Å². The number of amides is 1. The molecule has 106 valence electrons. The smallest absolute Gasteiger partial charge is 0.255 e. The van der Waals surface area contributed by atoms with E-state index in [1.54, 1.807) is 36.4 Å². The third-order valence-corrected chi connectivity index (χ3v) is 2.93. The van der Waals surface area contributed by atoms with Crippen LogP contribution in [0, 0.1) is 11.8 Å². The van der Waals surface area contributed by atoms with Gasteiger partial charge in [0.2, 0.25) is 0 Å². The van der Waals surface area contributed by atoms with Crippen molar-refractivity contribution in [3.8, 4) is 11.8 Å². The number of aliphatic hydroxyl groups excluding tert-OH is 1. The minimum Gasteiger partial charge on any atom is -0.395 e. The minimum absolute atomic E-state index is 0.0563. The third kappa shape index (κ3) is 4.64. The molecule has 1 amide bonds. The van der Waals surface area contributed by atoms with Gasteiger partial charge in [-0.3, -0.25) is 4.79 Å². The number of anilines is 1. The molecule has 0 aliphatic rings. The predicted octanol–water partition coefficient (Wildman–Crippen LogP) is 3.33. The predicted molar refractivity (Wildman–Crippen MR) is 84.4 cm³/mol. The fourth-order valence-electron chi connectivity index (χ4n) is 1.69. The molecule has 3 nitrogen and oxygen atoms in total. The fraction of sp³-hybridized carbons (Fsp3) is 0.118. The maximum Gasteiger partial charge on any atom is 0.255 e. The van der Waals surface area contributed by atoms with Crippen molar-refractivity contribution in [1.29, 1.82) is 0 Å². The van der Waals surface area contributed by atoms with Crippen LogP contribution in [0.15, 0.2) is 48.5 Å². The molecule has 0 saturated carbocycles. The van der Waals surface area contributed by atoms with E-state index in [1.807, 2.05) is 12.1 Å². The summed E-state index contributed by atoms with van der Waals surface area (Å²) in [6.45, 7) is 0.0563. The van der Waals surface area contributed by atoms with E-state index in [-0.39, 0.29) is 12.5 Å². The number of benzene rings is 2. The van der Waals surface area contributed by atoms with E-state index in [1.165, 1.54) is 0 Å². The van der Waals surface area contributed by atoms with Crippen molar-refractivity contribution in [2.24, 2.45) is 0 Å². The Balaban J connectivity index is 2.04. The van der Waals surface area contributed by atoms with Gasteiger partial charge in [-0.25, -0.2) is 0 Å². The zero-order chi connectivity index (χ0) is 15.1. The molecule has 0 unspecified atom stereocenters. The van der Waals surface area contributed by atoms with Crippen LogP contribution in [0.5, 0.6) is 0 Å². The summed E-state index contributed by atoms with van der Waals surface area (Å²) in [7, 11) is 0. The van der Waals surface area contributed by atoms with Crippen molar-refractivity contribution < 1.29 is 9.90 Å². The zero-order valence-corrected chi connectivity index (χ0v) is 12.0. The summed E-state index contributed by atoms with van der Waals surface area (Å²) in [4.78, 5) is 12.0. The summed E-state index contributed by atoms with van der Waals surface area (Å²) in [5.41, 5.74) is 2.03. The van der Waals surface area contributed by atoms with Crippen LogP contribution in [0.25, 0.3) is 0 Å². The highest BCUT2D eigenvalue weighted by atomic mass is 35.5. The van der Waals surface area contributed by atoms with Gasteiger partial charge in [0.1, 0.15) is 0 Å². The molecule has 2 aromatic carbocycles. The lowest BCUT2D eigenvalue weighted by Gasteiger charge is -2.05. The monoisotopic (exact) mass is 299 g/mol. The van der Waals surface area contributed by atoms with E-state index in [2.05, 4.69) is 17.2 Å². The van der Waals surface area contributed by atoms with Crippen molar-refractivity contribution in [2.45, 2.75) is 6.42 Å². The average Bonchev–Trinajstić information content (AvgIpc) is 2.49. The maximum atomic E-state index is 12.0. The molecular weight excluding hydrogens is 286 g/mol. The molecule has 0 aliphatic carbocycles. The summed E-state index contributed by atoms with van der Waals surface area (Å²) >= 11 is 5.86. The minimum atomic E-state index is -0.211. The van der Waals surface area contributed by atoms with Crippen LogP contribution < -0.4 is 5.32 Å². The molecular formula is C17H14ClNO2. The number of hydrogen-bond acceptors (Lipinski definition) is 2. The molecule has 0 bridgehead atoms. The molecule has 2 aromatic rings. The Kier molecular flexibility index (Phi) is 5.39. The van der Waals surface area contributed by atoms with Gasteiger partial charge in [-0.15, -0.1) is 0 Å². The third-order valence-electron chi connectivity index (χ3n) is 2.70. The Hall–Kier alpha value is -2.28. The molecule has 4 heteroatoms. The van der Waals surface area contributed by atoms with Crippen molar-refractivity contribution >= 4 is 23.2 Å². The van der Waals surface area contributed by atoms with E-state index in [0.717, 1.165) is 5.56 Å². The van der Waals surface area contributed by atoms with Crippen molar-refractivity contribution in [1.82, 2.24) is 0 Å². The highest BCUT2D eigenvalue weighted by Gasteiger charge is 2.06. The molecule has 0 spiro atoms. The molecule has 0 saturated heterocycles. The quantitative estimate of drug-likeness (QED) is 0.854. The van der Waals surface area contributed by atoms with Crippen LogP contribution in [-0.2, 0) is 0 Å². The van der Waals surface area contributed by atoms with Gasteiger partial charge < -0.3 is 10.4 Å². The summed E-state index contributed by atoms with van der Waals surface area (Å²) in [6, 6.07) is 14.0. The lowest BCUT2D eigenvalue weighted by atomic mass is 10.2. The van der Waals surface area contributed by atoms with Gasteiger partial charge in [-0.05, 0) is 42.5 Å². The van der Waals surface area contributed by atoms with Crippen molar-refractivity contribution in [3.63, 3.8) is 0 Å². The zero-order valence-electron chi connectivity index (χ0n) is 11.3. The number of carbonyl (C=O) groups is 1. The molecule has 2 rings (SSSR count). The summed E-state index contributed by atoms with van der Waals surface area (Å²) in [5, 5.41) is 12.0. The summed E-state index contributed by atoms with van der Waals surface area (Å²) in [5.74, 6) is 5.56. The van der Waals surface area contributed by atoms with Gasteiger partial charge >= 0.3 is 0 Å². The van der Waals surface area contributed by atoms with Crippen LogP contribution in [-0.4, -0.2) is 17.6 Å². The molecule has 0 fully saturated rings. The number of aliphatic hydroxyl groups is 1. The molecule has 0 aliphatic heterocycles. The van der Waals surface area contributed by atoms with Gasteiger partial charge in [0.05, 0.1) is 6.61 Å². The van der Waals surface area contributed by atoms with Gasteiger partial charge in [0, 0.05) is 28.3 Å². The van der Waals surface area contributed by atoms with E-state index < -0.39 is 0 Å². The fourth-order valence-corrected chi connectivity index (χ4v) is 1.88. The maximum absolute atomic E-state index is 12.0. The standard InChI is InChI=1S/C17H14ClNO2/c18-15-6-3-5-14(12-15)17(21)19-16-9-7-13(8-10-16)4-1-2-11-20/h3,5-10,12,20H,2,11H2,(H,19,21). The van der Waals surface area contributed by atoms with Gasteiger partial charge in [-0.1, -0.05) is 29.5 Å². The van der Waals surface area contributed by atoms with Crippen LogP contribution in [0.3, 0.4) is 0 Å². The molecule has 21 heavy (non-hydrogen) atoms. The Morgan fingerprint density at radius 3 is 2.62 bits per heavy atom. The van der Waals surface area contributed by atoms with Crippen molar-refractivity contribution in [2.75, 3.05) is 11.9 Å². The number of nitrogens with one attached hydrogen (secondary N) is 1. The first-order valence-electron chi connectivity index (χ1n) is 6.46. The normalized spacial score (nSPS) is 9.62. The SMILES string of the molecule is O=C(Nc1ccc(C#CCCO)cc1)c1cccc(Cl)c1. The van der Waals surface area contributed by atoms with E-state index >= 15 is 0 Å². The Morgan fingerprint density at radius 2 is 1.95 bits per heavy atom. The van der Waals surface area contributed by atoms with Gasteiger partial charge in [-0.2, -0.15) is 0 Å². The average molecular weight is 300 g/mol. The second-order valence-electron chi connectivity index (χ2n) is 4.32. The molecule has 0 heterocycles. The van der Waals surface area contributed by atoms with Crippen LogP contribution in [0.4, 0.5) is 5.69 Å². The number of carbonyl (C=O) groups excluding carboxylic acids is 1. The highest BCUT2D eigenvalue weighted by molar-refractivity contribution is 6.31. The van der Waals surface area contributed by atoms with Gasteiger partial charge in [0.25, 0.3) is 5.91 Å². The second-order valence-corrected chi connectivity index (χ2v) is 4.75. The number of rotatable bonds is 3. The first kappa shape index (κ1) is 15.1. The summed E-state index contributed by atoms with van der Waals surface area (Å²) < 4.78 is 0. The van der Waals surface area contributed by atoms with E-state index in [4.69, 9.17) is 16.7 Å². The summed E-state index contributed by atoms with van der Waals surface area (Å²) in [6.07, 6.45) is 0.452. The van der Waals surface area contributed by atoms with Crippen molar-refractivity contribution in [3.05, 3.63) is 64.7 Å². The Labute approximate surface area is 128 Å². The first-order chi connectivity index (χ1) is 10.2. The Bertz CT molecular complexity index is 684. The van der Waals surface area contributed by atoms with E-state index in [9.17, 15) is 4.79 Å². The van der Waals surface area contributed by atoms with Crippen LogP contribution in [0.2, 0.25) is 5.02 Å². The Morgan fingerprint density at radius 1 is 1.19 bits per heavy atom. The van der Waals surface area contributed by atoms with E-state index in [0.29, 0.717) is 22.7 Å². The lowest BCUT2D eigenvalue weighted by molar-refractivity contribution is 0.102. The largest absolute Gasteiger partial charge is 0.395 e. The first-order valence-corrected chi connectivity index (χ1v) is 6.83. The highest BCUT2D eigenvalue weighted by Crippen LogP contribution is 2.14. The molecule has 0 radical (unpaired) electrons. The lowest BCUT2D eigenvalue weighted by Crippen LogP contribution is -2.11. The van der Waals surface area contributed by atoms with Gasteiger partial charge in [0.15, 0.2) is 0 Å². The molecule has 2 N–H and O–H groups in total. The number of halogens is 1. The van der Waals surface area contributed by atoms with Crippen LogP contribution >= 0.6 is 11.6 Å². The second kappa shape index (κ2) is 7.49. The molecule has 0 aromatic heterocycles.